The van der Waals surface area contributed by atoms with E-state index in [9.17, 15) is 9.90 Å². The molecule has 21 heavy (non-hydrogen) atoms. The lowest BCUT2D eigenvalue weighted by Gasteiger charge is -2.56. The summed E-state index contributed by atoms with van der Waals surface area (Å²) < 4.78 is 5.78. The number of nitrogens with zero attached hydrogens (tertiary/aromatic N) is 1. The molecule has 0 aromatic heterocycles. The summed E-state index contributed by atoms with van der Waals surface area (Å²) in [5, 5.41) is 10.2. The SMILES string of the molecule is CCOC1CC(O)C12CCN(C(=O)C(C)C(C)CC)CC2. The molecule has 1 amide bonds. The molecule has 4 atom stereocenters. The molecule has 0 aromatic carbocycles. The van der Waals surface area contributed by atoms with Crippen LogP contribution >= 0.6 is 0 Å². The zero-order chi connectivity index (χ0) is 15.6. The summed E-state index contributed by atoms with van der Waals surface area (Å²) in [5.41, 5.74) is -0.0909. The number of aliphatic hydroxyl groups excluding tert-OH is 1. The second-order valence-electron chi connectivity index (χ2n) is 6.93. The van der Waals surface area contributed by atoms with E-state index in [1.807, 2.05) is 18.7 Å². The van der Waals surface area contributed by atoms with E-state index < -0.39 is 0 Å². The van der Waals surface area contributed by atoms with Crippen molar-refractivity contribution in [1.82, 2.24) is 4.90 Å². The zero-order valence-corrected chi connectivity index (χ0v) is 14.0. The van der Waals surface area contributed by atoms with E-state index >= 15 is 0 Å². The van der Waals surface area contributed by atoms with Crippen LogP contribution in [0.5, 0.6) is 0 Å². The summed E-state index contributed by atoms with van der Waals surface area (Å²) in [6, 6.07) is 0. The lowest BCUT2D eigenvalue weighted by molar-refractivity contribution is -0.210. The van der Waals surface area contributed by atoms with E-state index in [0.717, 1.165) is 38.8 Å². The van der Waals surface area contributed by atoms with Gasteiger partial charge >= 0.3 is 0 Å². The van der Waals surface area contributed by atoms with Crippen LogP contribution in [0, 0.1) is 17.3 Å². The third-order valence-corrected chi connectivity index (χ3v) is 6.00. The van der Waals surface area contributed by atoms with Crippen LogP contribution in [0.4, 0.5) is 0 Å². The summed E-state index contributed by atoms with van der Waals surface area (Å²) in [6.07, 6.45) is 3.47. The van der Waals surface area contributed by atoms with Gasteiger partial charge in [-0.25, -0.2) is 0 Å². The van der Waals surface area contributed by atoms with Crippen LogP contribution in [0.1, 0.15) is 53.4 Å². The van der Waals surface area contributed by atoms with Crippen LogP contribution in [0.2, 0.25) is 0 Å². The third-order valence-electron chi connectivity index (χ3n) is 6.00. The van der Waals surface area contributed by atoms with Crippen LogP contribution in [-0.2, 0) is 9.53 Å². The van der Waals surface area contributed by atoms with Gasteiger partial charge < -0.3 is 14.7 Å². The maximum atomic E-state index is 12.5. The third kappa shape index (κ3) is 2.98. The van der Waals surface area contributed by atoms with Gasteiger partial charge in [-0.15, -0.1) is 0 Å². The molecule has 1 aliphatic carbocycles. The Morgan fingerprint density at radius 2 is 1.95 bits per heavy atom. The van der Waals surface area contributed by atoms with Gasteiger partial charge in [-0.2, -0.15) is 0 Å². The monoisotopic (exact) mass is 297 g/mol. The Balaban J connectivity index is 1.92. The van der Waals surface area contributed by atoms with Crippen LogP contribution in [0.15, 0.2) is 0 Å². The summed E-state index contributed by atoms with van der Waals surface area (Å²) in [5.74, 6) is 0.804. The lowest BCUT2D eigenvalue weighted by atomic mass is 9.58. The van der Waals surface area contributed by atoms with Crippen molar-refractivity contribution in [2.45, 2.75) is 65.6 Å². The van der Waals surface area contributed by atoms with Crippen molar-refractivity contribution in [3.8, 4) is 0 Å². The first-order valence-corrected chi connectivity index (χ1v) is 8.54. The Hall–Kier alpha value is -0.610. The summed E-state index contributed by atoms with van der Waals surface area (Å²) >= 11 is 0. The van der Waals surface area contributed by atoms with Crippen molar-refractivity contribution in [2.24, 2.45) is 17.3 Å². The number of aliphatic hydroxyl groups is 1. The largest absolute Gasteiger partial charge is 0.392 e. The fraction of sp³-hybridized carbons (Fsp3) is 0.941. The smallest absolute Gasteiger partial charge is 0.225 e. The Bertz CT molecular complexity index is 361. The Morgan fingerprint density at radius 3 is 2.43 bits per heavy atom. The average Bonchev–Trinajstić information content (AvgIpc) is 2.52. The molecule has 4 nitrogen and oxygen atoms in total. The number of likely N-dealkylation sites (tertiary alicyclic amines) is 1. The second kappa shape index (κ2) is 6.66. The highest BCUT2D eigenvalue weighted by Crippen LogP contribution is 2.51. The first-order chi connectivity index (χ1) is 9.96. The van der Waals surface area contributed by atoms with Gasteiger partial charge in [0, 0.05) is 37.5 Å². The van der Waals surface area contributed by atoms with E-state index in [4.69, 9.17) is 4.74 Å². The van der Waals surface area contributed by atoms with Crippen LogP contribution in [0.25, 0.3) is 0 Å². The fourth-order valence-corrected chi connectivity index (χ4v) is 3.85. The summed E-state index contributed by atoms with van der Waals surface area (Å²) in [6.45, 7) is 10.6. The molecule has 1 heterocycles. The van der Waals surface area contributed by atoms with Crippen molar-refractivity contribution in [3.05, 3.63) is 0 Å². The molecule has 2 fully saturated rings. The molecule has 0 aromatic rings. The number of hydrogen-bond acceptors (Lipinski definition) is 3. The number of carbonyl (C=O) groups is 1. The first-order valence-electron chi connectivity index (χ1n) is 8.54. The Labute approximate surface area is 128 Å². The highest BCUT2D eigenvalue weighted by molar-refractivity contribution is 5.78. The van der Waals surface area contributed by atoms with Crippen molar-refractivity contribution in [2.75, 3.05) is 19.7 Å². The first kappa shape index (κ1) is 16.8. The van der Waals surface area contributed by atoms with Crippen molar-refractivity contribution < 1.29 is 14.6 Å². The molecule has 1 spiro atoms. The van der Waals surface area contributed by atoms with Gasteiger partial charge in [-0.3, -0.25) is 4.79 Å². The van der Waals surface area contributed by atoms with Crippen molar-refractivity contribution in [3.63, 3.8) is 0 Å². The predicted octanol–water partition coefficient (Wildman–Crippen LogP) is 2.45. The molecule has 0 radical (unpaired) electrons. The number of amides is 1. The minimum atomic E-state index is -0.252. The molecule has 4 heteroatoms. The van der Waals surface area contributed by atoms with Crippen molar-refractivity contribution >= 4 is 5.91 Å². The topological polar surface area (TPSA) is 49.8 Å². The Kier molecular flexibility index (Phi) is 5.31. The van der Waals surface area contributed by atoms with Gasteiger partial charge in [0.15, 0.2) is 0 Å². The van der Waals surface area contributed by atoms with Gasteiger partial charge in [-0.05, 0) is 25.7 Å². The number of ether oxygens (including phenoxy) is 1. The molecule has 1 N–H and O–H groups in total. The standard InChI is InChI=1S/C17H31NO3/c1-5-12(3)13(4)16(20)18-9-7-17(8-10-18)14(19)11-15(17)21-6-2/h12-15,19H,5-11H2,1-4H3. The second-order valence-corrected chi connectivity index (χ2v) is 6.93. The summed E-state index contributed by atoms with van der Waals surface area (Å²) in [7, 11) is 0. The average molecular weight is 297 g/mol. The molecule has 0 bridgehead atoms. The maximum Gasteiger partial charge on any atom is 0.225 e. The van der Waals surface area contributed by atoms with E-state index in [1.54, 1.807) is 0 Å². The highest BCUT2D eigenvalue weighted by Gasteiger charge is 2.56. The van der Waals surface area contributed by atoms with Gasteiger partial charge in [0.2, 0.25) is 5.91 Å². The minimum absolute atomic E-state index is 0.0909. The van der Waals surface area contributed by atoms with Crippen LogP contribution in [-0.4, -0.2) is 47.8 Å². The van der Waals surface area contributed by atoms with E-state index in [-0.39, 0.29) is 29.4 Å². The normalized spacial score (nSPS) is 30.8. The minimum Gasteiger partial charge on any atom is -0.392 e. The number of rotatable bonds is 5. The van der Waals surface area contributed by atoms with Gasteiger partial charge in [0.1, 0.15) is 0 Å². The fourth-order valence-electron chi connectivity index (χ4n) is 3.85. The van der Waals surface area contributed by atoms with Crippen molar-refractivity contribution in [1.29, 1.82) is 0 Å². The Morgan fingerprint density at radius 1 is 1.33 bits per heavy atom. The van der Waals surface area contributed by atoms with Gasteiger partial charge in [-0.1, -0.05) is 27.2 Å². The molecule has 2 rings (SSSR count). The highest BCUT2D eigenvalue weighted by atomic mass is 16.5. The van der Waals surface area contributed by atoms with Gasteiger partial charge in [0.05, 0.1) is 12.2 Å². The van der Waals surface area contributed by atoms with Crippen LogP contribution in [0.3, 0.4) is 0 Å². The van der Waals surface area contributed by atoms with Gasteiger partial charge in [0.25, 0.3) is 0 Å². The summed E-state index contributed by atoms with van der Waals surface area (Å²) in [4.78, 5) is 14.5. The van der Waals surface area contributed by atoms with E-state index in [1.165, 1.54) is 0 Å². The molecule has 1 saturated heterocycles. The molecule has 122 valence electrons. The van der Waals surface area contributed by atoms with Crippen LogP contribution < -0.4 is 0 Å². The molecule has 4 unspecified atom stereocenters. The molecular formula is C17H31NO3. The number of piperidine rings is 1. The molecule has 2 aliphatic rings. The quantitative estimate of drug-likeness (QED) is 0.848. The maximum absolute atomic E-state index is 12.5. The molecule has 1 saturated carbocycles. The lowest BCUT2D eigenvalue weighted by Crippen LogP contribution is -2.63. The predicted molar refractivity (Wildman–Crippen MR) is 82.9 cm³/mol. The number of hydrogen-bond donors (Lipinski definition) is 1. The molecular weight excluding hydrogens is 266 g/mol. The molecule has 1 aliphatic heterocycles. The van der Waals surface area contributed by atoms with E-state index in [0.29, 0.717) is 12.5 Å². The van der Waals surface area contributed by atoms with E-state index in [2.05, 4.69) is 13.8 Å². The zero-order valence-electron chi connectivity index (χ0n) is 14.0. The number of carbonyl (C=O) groups excluding carboxylic acids is 1.